The quantitative estimate of drug-likeness (QED) is 0.707. The van der Waals surface area contributed by atoms with E-state index in [9.17, 15) is 0 Å². The van der Waals surface area contributed by atoms with Crippen LogP contribution in [0.5, 0.6) is 0 Å². The molecule has 132 valence electrons. The van der Waals surface area contributed by atoms with Crippen LogP contribution in [0.4, 0.5) is 0 Å². The highest BCUT2D eigenvalue weighted by atomic mass is 15.1. The number of fused-ring (bicyclic) bond motifs is 7. The molecule has 5 aliphatic rings. The number of nitrogens with one attached hydrogen (secondary N) is 2. The van der Waals surface area contributed by atoms with Gasteiger partial charge in [-0.3, -0.25) is 9.98 Å². The minimum absolute atomic E-state index is 0.506. The second kappa shape index (κ2) is 5.94. The molecule has 5 aliphatic heterocycles. The smallest absolute Gasteiger partial charge is 0.0458 e. The van der Waals surface area contributed by atoms with Crippen molar-refractivity contribution in [3.05, 3.63) is 34.3 Å². The summed E-state index contributed by atoms with van der Waals surface area (Å²) in [7, 11) is 0. The van der Waals surface area contributed by atoms with Gasteiger partial charge in [0.2, 0.25) is 0 Å². The van der Waals surface area contributed by atoms with Gasteiger partial charge in [-0.15, -0.1) is 0 Å². The van der Waals surface area contributed by atoms with E-state index < -0.39 is 0 Å². The first-order valence-corrected chi connectivity index (χ1v) is 9.95. The third-order valence-electron chi connectivity index (χ3n) is 6.71. The first kappa shape index (κ1) is 15.6. The molecule has 8 bridgehead atoms. The third-order valence-corrected chi connectivity index (χ3v) is 6.71. The average Bonchev–Trinajstić information content (AvgIpc) is 3.38. The maximum absolute atomic E-state index is 5.04. The normalized spacial score (nSPS) is 34.5. The fourth-order valence-corrected chi connectivity index (χ4v) is 5.08. The Kier molecular flexibility index (Phi) is 3.70. The minimum atomic E-state index is 0.506. The Labute approximate surface area is 150 Å². The van der Waals surface area contributed by atoms with E-state index in [4.69, 9.17) is 9.98 Å². The SMILES string of the molecule is CC1=C2CCC(=N2)C=C2CCC(N2)C2CCC(N2)C(C)=C2CCC1=N2. The van der Waals surface area contributed by atoms with Gasteiger partial charge in [0.05, 0.1) is 0 Å². The van der Waals surface area contributed by atoms with E-state index in [-0.39, 0.29) is 0 Å². The van der Waals surface area contributed by atoms with Gasteiger partial charge in [0, 0.05) is 46.6 Å². The van der Waals surface area contributed by atoms with Crippen molar-refractivity contribution in [2.45, 2.75) is 83.3 Å². The van der Waals surface area contributed by atoms with Crippen molar-refractivity contribution >= 4 is 11.4 Å². The zero-order chi connectivity index (χ0) is 17.0. The number of aliphatic imine (C=N–C) groups is 2. The Morgan fingerprint density at radius 3 is 2.68 bits per heavy atom. The van der Waals surface area contributed by atoms with Crippen molar-refractivity contribution in [3.8, 4) is 0 Å². The van der Waals surface area contributed by atoms with Crippen LogP contribution in [-0.4, -0.2) is 29.5 Å². The molecule has 0 aromatic heterocycles. The predicted octanol–water partition coefficient (Wildman–Crippen LogP) is 3.77. The molecule has 0 spiro atoms. The number of allylic oxidation sites excluding steroid dienone is 5. The summed E-state index contributed by atoms with van der Waals surface area (Å²) >= 11 is 0. The van der Waals surface area contributed by atoms with Gasteiger partial charge in [-0.25, -0.2) is 0 Å². The first-order valence-electron chi connectivity index (χ1n) is 9.95. The zero-order valence-electron chi connectivity index (χ0n) is 15.4. The minimum Gasteiger partial charge on any atom is -0.384 e. The summed E-state index contributed by atoms with van der Waals surface area (Å²) in [6, 6.07) is 1.66. The highest BCUT2D eigenvalue weighted by Crippen LogP contribution is 2.33. The van der Waals surface area contributed by atoms with E-state index in [1.54, 1.807) is 0 Å². The molecule has 5 rings (SSSR count). The Bertz CT molecular complexity index is 765. The van der Waals surface area contributed by atoms with Crippen molar-refractivity contribution in [1.82, 2.24) is 10.6 Å². The van der Waals surface area contributed by atoms with Gasteiger partial charge in [0.15, 0.2) is 0 Å². The van der Waals surface area contributed by atoms with Crippen LogP contribution in [-0.2, 0) is 0 Å². The van der Waals surface area contributed by atoms with E-state index in [0.29, 0.717) is 18.1 Å². The van der Waals surface area contributed by atoms with E-state index >= 15 is 0 Å². The van der Waals surface area contributed by atoms with E-state index in [2.05, 4.69) is 30.6 Å². The molecule has 2 fully saturated rings. The molecule has 0 saturated carbocycles. The van der Waals surface area contributed by atoms with Gasteiger partial charge < -0.3 is 10.6 Å². The second-order valence-corrected chi connectivity index (χ2v) is 8.23. The second-order valence-electron chi connectivity index (χ2n) is 8.23. The molecule has 3 atom stereocenters. The molecule has 3 unspecified atom stereocenters. The largest absolute Gasteiger partial charge is 0.384 e. The number of nitrogens with zero attached hydrogens (tertiary/aromatic N) is 2. The van der Waals surface area contributed by atoms with Crippen molar-refractivity contribution < 1.29 is 0 Å². The third kappa shape index (κ3) is 2.71. The Balaban J connectivity index is 1.58. The molecule has 2 N–H and O–H groups in total. The maximum Gasteiger partial charge on any atom is 0.0458 e. The topological polar surface area (TPSA) is 48.8 Å². The number of rotatable bonds is 0. The van der Waals surface area contributed by atoms with Crippen LogP contribution in [0.1, 0.15) is 65.2 Å². The Hall–Kier alpha value is -1.68. The van der Waals surface area contributed by atoms with Crippen LogP contribution >= 0.6 is 0 Å². The van der Waals surface area contributed by atoms with Crippen LogP contribution in [0.3, 0.4) is 0 Å². The Morgan fingerprint density at radius 2 is 1.76 bits per heavy atom. The van der Waals surface area contributed by atoms with E-state index in [1.807, 2.05) is 0 Å². The zero-order valence-corrected chi connectivity index (χ0v) is 15.4. The molecule has 5 heterocycles. The van der Waals surface area contributed by atoms with Crippen LogP contribution in [0.2, 0.25) is 0 Å². The van der Waals surface area contributed by atoms with Crippen molar-refractivity contribution in [2.24, 2.45) is 9.98 Å². The Morgan fingerprint density at radius 1 is 0.880 bits per heavy atom. The molecule has 0 aliphatic carbocycles. The van der Waals surface area contributed by atoms with Gasteiger partial charge in [-0.2, -0.15) is 0 Å². The highest BCUT2D eigenvalue weighted by molar-refractivity contribution is 6.04. The fraction of sp³-hybridized carbons (Fsp3) is 0.619. The lowest BCUT2D eigenvalue weighted by Crippen LogP contribution is -2.43. The summed E-state index contributed by atoms with van der Waals surface area (Å²) < 4.78 is 0. The van der Waals surface area contributed by atoms with Crippen LogP contribution in [0, 0.1) is 0 Å². The predicted molar refractivity (Wildman–Crippen MR) is 103 cm³/mol. The summed E-state index contributed by atoms with van der Waals surface area (Å²) in [6.07, 6.45) is 11.5. The van der Waals surface area contributed by atoms with Crippen LogP contribution in [0.25, 0.3) is 0 Å². The molecule has 0 aromatic carbocycles. The molecule has 0 radical (unpaired) electrons. The lowest BCUT2D eigenvalue weighted by atomic mass is 10.0. The van der Waals surface area contributed by atoms with Gasteiger partial charge in [-0.05, 0) is 82.4 Å². The lowest BCUT2D eigenvalue weighted by molar-refractivity contribution is 0.442. The first-order chi connectivity index (χ1) is 12.2. The summed E-state index contributed by atoms with van der Waals surface area (Å²) in [5.74, 6) is 0. The van der Waals surface area contributed by atoms with Gasteiger partial charge in [0.25, 0.3) is 0 Å². The highest BCUT2D eigenvalue weighted by Gasteiger charge is 2.35. The van der Waals surface area contributed by atoms with Crippen molar-refractivity contribution in [1.29, 1.82) is 0 Å². The maximum atomic E-state index is 5.04. The molecule has 4 nitrogen and oxygen atoms in total. The summed E-state index contributed by atoms with van der Waals surface area (Å²) in [5.41, 5.74) is 9.27. The molecule has 0 aromatic rings. The van der Waals surface area contributed by atoms with Crippen LogP contribution < -0.4 is 10.6 Å². The molecule has 4 heteroatoms. The monoisotopic (exact) mass is 336 g/mol. The van der Waals surface area contributed by atoms with Gasteiger partial charge in [-0.1, -0.05) is 0 Å². The van der Waals surface area contributed by atoms with Gasteiger partial charge in [0.1, 0.15) is 0 Å². The van der Waals surface area contributed by atoms with Crippen molar-refractivity contribution in [2.75, 3.05) is 0 Å². The average molecular weight is 336 g/mol. The molecule has 2 saturated heterocycles. The van der Waals surface area contributed by atoms with Gasteiger partial charge >= 0.3 is 0 Å². The standard InChI is InChI=1S/C21H28N4/c1-12-16-5-3-14(22-16)11-15-4-6-20(23-15)21-10-9-19(25-21)13(2)18-8-7-17(12)24-18/h11,19-21,23,25H,3-10H2,1-2H3. The lowest BCUT2D eigenvalue weighted by Gasteiger charge is -2.22. The molecule has 0 amide bonds. The number of hydrogen-bond acceptors (Lipinski definition) is 4. The molecular weight excluding hydrogens is 308 g/mol. The molecular formula is C21H28N4. The molecule has 25 heavy (non-hydrogen) atoms. The van der Waals surface area contributed by atoms with Crippen LogP contribution in [0.15, 0.2) is 44.3 Å². The van der Waals surface area contributed by atoms with E-state index in [0.717, 1.165) is 32.1 Å². The summed E-state index contributed by atoms with van der Waals surface area (Å²) in [6.45, 7) is 4.51. The van der Waals surface area contributed by atoms with E-state index in [1.165, 1.54) is 58.9 Å². The fourth-order valence-electron chi connectivity index (χ4n) is 5.08. The summed E-state index contributed by atoms with van der Waals surface area (Å²) in [5, 5.41) is 7.69. The summed E-state index contributed by atoms with van der Waals surface area (Å²) in [4.78, 5) is 9.99. The van der Waals surface area contributed by atoms with Crippen molar-refractivity contribution in [3.63, 3.8) is 0 Å². The number of hydrogen-bond donors (Lipinski definition) is 2.